The number of nitrogens with zero attached hydrogens (tertiary/aromatic N) is 1. The molecule has 2 nitrogen and oxygen atoms in total. The van der Waals surface area contributed by atoms with Gasteiger partial charge in [0.2, 0.25) is 0 Å². The van der Waals surface area contributed by atoms with E-state index in [9.17, 15) is 0 Å². The third-order valence-corrected chi connectivity index (χ3v) is 5.41. The maximum absolute atomic E-state index is 4.20. The average Bonchev–Trinajstić information content (AvgIpc) is 2.53. The fourth-order valence-electron chi connectivity index (χ4n) is 3.14. The third-order valence-electron chi connectivity index (χ3n) is 4.31. The molecule has 2 atom stereocenters. The maximum Gasteiger partial charge on any atom is 0.0346 e. The van der Waals surface area contributed by atoms with Gasteiger partial charge in [-0.15, -0.1) is 0 Å². The number of hydrogen-bond donors (Lipinski definition) is 1. The molecule has 2 unspecified atom stereocenters. The van der Waals surface area contributed by atoms with Crippen LogP contribution in [0.5, 0.6) is 0 Å². The number of aromatic nitrogens is 1. The fraction of sp³-hybridized carbons (Fsp3) is 0.471. The van der Waals surface area contributed by atoms with Crippen molar-refractivity contribution in [3.05, 3.63) is 42.2 Å². The van der Waals surface area contributed by atoms with E-state index in [-0.39, 0.29) is 0 Å². The van der Waals surface area contributed by atoms with Gasteiger partial charge in [0.15, 0.2) is 0 Å². The van der Waals surface area contributed by atoms with E-state index in [1.807, 2.05) is 24.2 Å². The van der Waals surface area contributed by atoms with E-state index >= 15 is 0 Å². The molecule has 0 aliphatic heterocycles. The molecule has 0 saturated heterocycles. The van der Waals surface area contributed by atoms with Crippen LogP contribution in [0.4, 0.5) is 0 Å². The minimum absolute atomic E-state index is 0.679. The van der Waals surface area contributed by atoms with Gasteiger partial charge in [0, 0.05) is 35.6 Å². The second-order valence-corrected chi connectivity index (χ2v) is 6.75. The molecule has 3 heteroatoms. The zero-order valence-electron chi connectivity index (χ0n) is 12.0. The molecule has 1 aromatic carbocycles. The minimum atomic E-state index is 0.679. The Labute approximate surface area is 125 Å². The highest BCUT2D eigenvalue weighted by Crippen LogP contribution is 2.27. The highest BCUT2D eigenvalue weighted by molar-refractivity contribution is 7.99. The van der Waals surface area contributed by atoms with Crippen molar-refractivity contribution in [3.63, 3.8) is 0 Å². The number of rotatable bonds is 4. The molecule has 0 amide bonds. The van der Waals surface area contributed by atoms with Crippen LogP contribution in [0.3, 0.4) is 0 Å². The molecule has 1 aliphatic carbocycles. The minimum Gasteiger partial charge on any atom is -0.310 e. The molecule has 1 saturated carbocycles. The van der Waals surface area contributed by atoms with Crippen LogP contribution in [0.1, 0.15) is 31.2 Å². The summed E-state index contributed by atoms with van der Waals surface area (Å²) in [5.41, 5.74) is 1.39. The van der Waals surface area contributed by atoms with Gasteiger partial charge >= 0.3 is 0 Å². The van der Waals surface area contributed by atoms with Crippen LogP contribution in [-0.4, -0.2) is 22.5 Å². The van der Waals surface area contributed by atoms with Crippen LogP contribution < -0.4 is 5.32 Å². The lowest BCUT2D eigenvalue weighted by atomic mass is 9.94. The van der Waals surface area contributed by atoms with Gasteiger partial charge < -0.3 is 5.32 Å². The summed E-state index contributed by atoms with van der Waals surface area (Å²) in [5, 5.41) is 7.17. The Bertz CT molecular complexity index is 564. The van der Waals surface area contributed by atoms with E-state index < -0.39 is 0 Å². The lowest BCUT2D eigenvalue weighted by Crippen LogP contribution is -2.34. The van der Waals surface area contributed by atoms with Crippen molar-refractivity contribution in [2.24, 2.45) is 0 Å². The van der Waals surface area contributed by atoms with Gasteiger partial charge in [-0.25, -0.2) is 0 Å². The number of benzene rings is 1. The molecular formula is C17H22N2S. The number of pyridine rings is 1. The molecule has 3 rings (SSSR count). The second kappa shape index (κ2) is 6.59. The zero-order chi connectivity index (χ0) is 13.8. The first-order valence-electron chi connectivity index (χ1n) is 7.44. The summed E-state index contributed by atoms with van der Waals surface area (Å²) in [7, 11) is 0. The standard InChI is InChI=1S/C17H22N2S/c1-20-16-7-3-6-15(10-16)19-12-14-5-2-4-13-11-18-9-8-17(13)14/h2,4-5,8-9,11,15-16,19H,3,6-7,10,12H2,1H3. The van der Waals surface area contributed by atoms with Crippen molar-refractivity contribution in [3.8, 4) is 0 Å². The van der Waals surface area contributed by atoms with Crippen LogP contribution in [0.25, 0.3) is 10.8 Å². The molecule has 0 radical (unpaired) electrons. The summed E-state index contributed by atoms with van der Waals surface area (Å²) in [6.07, 6.45) is 11.5. The van der Waals surface area contributed by atoms with Gasteiger partial charge in [0.05, 0.1) is 0 Å². The maximum atomic E-state index is 4.20. The summed E-state index contributed by atoms with van der Waals surface area (Å²) in [4.78, 5) is 4.20. The van der Waals surface area contributed by atoms with Gasteiger partial charge in [0.25, 0.3) is 0 Å². The lowest BCUT2D eigenvalue weighted by Gasteiger charge is -2.29. The Hall–Kier alpha value is -1.06. The lowest BCUT2D eigenvalue weighted by molar-refractivity contribution is 0.380. The van der Waals surface area contributed by atoms with Crippen LogP contribution >= 0.6 is 11.8 Å². The van der Waals surface area contributed by atoms with E-state index in [2.05, 4.69) is 40.8 Å². The van der Waals surface area contributed by atoms with Crippen LogP contribution in [0.2, 0.25) is 0 Å². The molecule has 20 heavy (non-hydrogen) atoms. The van der Waals surface area contributed by atoms with Gasteiger partial charge in [0.1, 0.15) is 0 Å². The van der Waals surface area contributed by atoms with Crippen molar-refractivity contribution in [2.75, 3.05) is 6.26 Å². The fourth-order valence-corrected chi connectivity index (χ4v) is 3.97. The summed E-state index contributed by atoms with van der Waals surface area (Å²) in [6.45, 7) is 0.965. The third kappa shape index (κ3) is 3.15. The van der Waals surface area contributed by atoms with Gasteiger partial charge in [-0.3, -0.25) is 4.98 Å². The molecule has 0 spiro atoms. The summed E-state index contributed by atoms with van der Waals surface area (Å²) in [6, 6.07) is 9.29. The summed E-state index contributed by atoms with van der Waals surface area (Å²) < 4.78 is 0. The monoisotopic (exact) mass is 286 g/mol. The molecule has 1 aliphatic rings. The largest absolute Gasteiger partial charge is 0.310 e. The van der Waals surface area contributed by atoms with Crippen LogP contribution in [0, 0.1) is 0 Å². The average molecular weight is 286 g/mol. The van der Waals surface area contributed by atoms with E-state index in [0.29, 0.717) is 6.04 Å². The highest BCUT2D eigenvalue weighted by atomic mass is 32.2. The van der Waals surface area contributed by atoms with Gasteiger partial charge in [-0.2, -0.15) is 11.8 Å². The first-order chi connectivity index (χ1) is 9.86. The number of nitrogens with one attached hydrogen (secondary N) is 1. The molecule has 1 heterocycles. The second-order valence-electron chi connectivity index (χ2n) is 5.62. The summed E-state index contributed by atoms with van der Waals surface area (Å²) in [5.74, 6) is 0. The predicted molar refractivity (Wildman–Crippen MR) is 88.1 cm³/mol. The molecule has 1 fully saturated rings. The SMILES string of the molecule is CSC1CCCC(NCc2cccc3cnccc23)C1. The normalized spacial score (nSPS) is 23.1. The van der Waals surface area contributed by atoms with Gasteiger partial charge in [-0.1, -0.05) is 24.6 Å². The Morgan fingerprint density at radius 1 is 1.30 bits per heavy atom. The van der Waals surface area contributed by atoms with Crippen LogP contribution in [0.15, 0.2) is 36.7 Å². The first kappa shape index (κ1) is 13.9. The molecule has 106 valence electrons. The number of fused-ring (bicyclic) bond motifs is 1. The van der Waals surface area contributed by atoms with Crippen molar-refractivity contribution in [1.82, 2.24) is 10.3 Å². The van der Waals surface area contributed by atoms with E-state index in [4.69, 9.17) is 0 Å². The highest BCUT2D eigenvalue weighted by Gasteiger charge is 2.20. The first-order valence-corrected chi connectivity index (χ1v) is 8.73. The molecule has 1 N–H and O–H groups in total. The van der Waals surface area contributed by atoms with Crippen molar-refractivity contribution in [1.29, 1.82) is 0 Å². The topological polar surface area (TPSA) is 24.9 Å². The van der Waals surface area contributed by atoms with E-state index in [0.717, 1.165) is 11.8 Å². The molecule has 0 bridgehead atoms. The number of thioether (sulfide) groups is 1. The molecule has 2 aromatic rings. The van der Waals surface area contributed by atoms with Crippen molar-refractivity contribution >= 4 is 22.5 Å². The van der Waals surface area contributed by atoms with Crippen molar-refractivity contribution in [2.45, 2.75) is 43.5 Å². The van der Waals surface area contributed by atoms with Crippen molar-refractivity contribution < 1.29 is 0 Å². The summed E-state index contributed by atoms with van der Waals surface area (Å²) >= 11 is 2.03. The quantitative estimate of drug-likeness (QED) is 0.919. The van der Waals surface area contributed by atoms with E-state index in [1.54, 1.807) is 0 Å². The Morgan fingerprint density at radius 3 is 3.15 bits per heavy atom. The molecular weight excluding hydrogens is 264 g/mol. The molecule has 1 aromatic heterocycles. The predicted octanol–water partition coefficient (Wildman–Crippen LogP) is 4.00. The van der Waals surface area contributed by atoms with E-state index in [1.165, 1.54) is 42.0 Å². The van der Waals surface area contributed by atoms with Gasteiger partial charge in [-0.05, 0) is 42.5 Å². The zero-order valence-corrected chi connectivity index (χ0v) is 12.8. The Kier molecular flexibility index (Phi) is 4.58. The van der Waals surface area contributed by atoms with Crippen LogP contribution in [-0.2, 0) is 6.54 Å². The smallest absolute Gasteiger partial charge is 0.0346 e. The Balaban J connectivity index is 1.68. The Morgan fingerprint density at radius 2 is 2.25 bits per heavy atom. The number of hydrogen-bond acceptors (Lipinski definition) is 3.